The van der Waals surface area contributed by atoms with Crippen LogP contribution in [0.1, 0.15) is 26.7 Å². The second-order valence-corrected chi connectivity index (χ2v) is 7.38. The van der Waals surface area contributed by atoms with Gasteiger partial charge in [-0.3, -0.25) is 5.32 Å². The predicted molar refractivity (Wildman–Crippen MR) is 79.3 cm³/mol. The molecule has 0 saturated carbocycles. The summed E-state index contributed by atoms with van der Waals surface area (Å²) >= 11 is 4.89. The third kappa shape index (κ3) is 5.14. The fourth-order valence-corrected chi connectivity index (χ4v) is 3.93. The van der Waals surface area contributed by atoms with E-state index < -0.39 is 5.54 Å². The summed E-state index contributed by atoms with van der Waals surface area (Å²) in [6.07, 6.45) is 3.84. The maximum Gasteiger partial charge on any atom is 0.175 e. The number of nitriles is 1. The minimum Gasteiger partial charge on any atom is -0.300 e. The van der Waals surface area contributed by atoms with Crippen molar-refractivity contribution in [1.82, 2.24) is 15.5 Å². The van der Waals surface area contributed by atoms with Gasteiger partial charge in [-0.25, -0.2) is 0 Å². The van der Waals surface area contributed by atoms with Gasteiger partial charge in [0.25, 0.3) is 0 Å². The van der Waals surface area contributed by atoms with Crippen LogP contribution in [0, 0.1) is 11.3 Å². The Morgan fingerprint density at radius 2 is 2.17 bits per heavy atom. The minimum atomic E-state index is -0.434. The van der Waals surface area contributed by atoms with Crippen molar-refractivity contribution >= 4 is 34.9 Å². The lowest BCUT2D eigenvalue weighted by Gasteiger charge is -2.22. The van der Waals surface area contributed by atoms with Crippen LogP contribution in [0.4, 0.5) is 0 Å². The van der Waals surface area contributed by atoms with E-state index in [1.165, 1.54) is 0 Å². The predicted octanol–water partition coefficient (Wildman–Crippen LogP) is 3.02. The van der Waals surface area contributed by atoms with Gasteiger partial charge in [-0.2, -0.15) is 5.26 Å². The summed E-state index contributed by atoms with van der Waals surface area (Å²) in [7, 11) is 0. The van der Waals surface area contributed by atoms with Gasteiger partial charge < -0.3 is 0 Å². The van der Waals surface area contributed by atoms with Crippen molar-refractivity contribution in [3.8, 4) is 6.07 Å². The number of hydrogen-bond acceptors (Lipinski definition) is 7. The Morgan fingerprint density at radius 3 is 2.72 bits per heavy atom. The number of nitrogens with one attached hydrogen (secondary N) is 1. The zero-order chi connectivity index (χ0) is 13.4. The molecule has 0 aliphatic heterocycles. The van der Waals surface area contributed by atoms with E-state index in [0.717, 1.165) is 33.8 Å². The molecule has 0 amide bonds. The number of rotatable bonds is 8. The summed E-state index contributed by atoms with van der Waals surface area (Å²) in [5.74, 6) is 0.879. The van der Waals surface area contributed by atoms with E-state index in [1.54, 1.807) is 34.9 Å². The van der Waals surface area contributed by atoms with Gasteiger partial charge in [0, 0.05) is 5.75 Å². The van der Waals surface area contributed by atoms with E-state index in [1.807, 2.05) is 13.2 Å². The van der Waals surface area contributed by atoms with Crippen LogP contribution in [0.2, 0.25) is 0 Å². The monoisotopic (exact) mass is 302 g/mol. The molecule has 4 nitrogen and oxygen atoms in total. The van der Waals surface area contributed by atoms with E-state index in [4.69, 9.17) is 0 Å². The van der Waals surface area contributed by atoms with Gasteiger partial charge in [0.05, 0.1) is 6.07 Å². The van der Waals surface area contributed by atoms with Crippen molar-refractivity contribution in [2.45, 2.75) is 40.9 Å². The fourth-order valence-electron chi connectivity index (χ4n) is 1.27. The van der Waals surface area contributed by atoms with E-state index in [2.05, 4.69) is 28.5 Å². The third-order valence-corrected chi connectivity index (χ3v) is 5.44. The van der Waals surface area contributed by atoms with Crippen LogP contribution in [0.25, 0.3) is 0 Å². The van der Waals surface area contributed by atoms with Gasteiger partial charge in [-0.05, 0) is 32.6 Å². The van der Waals surface area contributed by atoms with Crippen LogP contribution in [-0.4, -0.2) is 34.3 Å². The lowest BCUT2D eigenvalue weighted by atomic mass is 10.0. The topological polar surface area (TPSA) is 61.6 Å². The number of nitrogens with zero attached hydrogens (tertiary/aromatic N) is 3. The molecule has 0 bridgehead atoms. The van der Waals surface area contributed by atoms with Crippen molar-refractivity contribution in [2.75, 3.05) is 18.6 Å². The smallest absolute Gasteiger partial charge is 0.175 e. The standard InChI is InChI=1S/C11H18N4S3/c1-4-6-13-11(2,8-12)5-7-17-10-15-14-9(16-3)18-10/h13H,4-7H2,1-3H3. The van der Waals surface area contributed by atoms with Crippen LogP contribution in [0.5, 0.6) is 0 Å². The second-order valence-electron chi connectivity index (χ2n) is 4.01. The Morgan fingerprint density at radius 1 is 1.44 bits per heavy atom. The summed E-state index contributed by atoms with van der Waals surface area (Å²) in [6.45, 7) is 4.94. The zero-order valence-electron chi connectivity index (χ0n) is 10.9. The summed E-state index contributed by atoms with van der Waals surface area (Å²) in [6, 6.07) is 2.35. The molecule has 0 saturated heterocycles. The molecule has 1 aromatic rings. The van der Waals surface area contributed by atoms with Crippen LogP contribution in [0.15, 0.2) is 8.68 Å². The van der Waals surface area contributed by atoms with Crippen LogP contribution < -0.4 is 5.32 Å². The molecule has 1 rings (SSSR count). The first-order valence-corrected chi connectivity index (χ1v) is 8.83. The Labute approximate surface area is 121 Å². The van der Waals surface area contributed by atoms with Crippen LogP contribution >= 0.6 is 34.9 Å². The molecule has 1 unspecified atom stereocenters. The van der Waals surface area contributed by atoms with Gasteiger partial charge in [0.15, 0.2) is 8.68 Å². The van der Waals surface area contributed by atoms with Crippen molar-refractivity contribution in [3.05, 3.63) is 0 Å². The van der Waals surface area contributed by atoms with Crippen molar-refractivity contribution in [1.29, 1.82) is 5.26 Å². The first-order chi connectivity index (χ1) is 8.63. The molecule has 18 heavy (non-hydrogen) atoms. The van der Waals surface area contributed by atoms with E-state index >= 15 is 0 Å². The Kier molecular flexibility index (Phi) is 7.00. The third-order valence-electron chi connectivity index (χ3n) is 2.40. The quantitative estimate of drug-likeness (QED) is 0.745. The van der Waals surface area contributed by atoms with Gasteiger partial charge in [-0.1, -0.05) is 41.8 Å². The number of hydrogen-bond donors (Lipinski definition) is 1. The Hall–Kier alpha value is -0.290. The largest absolute Gasteiger partial charge is 0.300 e. The highest BCUT2D eigenvalue weighted by Gasteiger charge is 2.22. The van der Waals surface area contributed by atoms with Gasteiger partial charge in [0.1, 0.15) is 5.54 Å². The molecule has 1 aromatic heterocycles. The van der Waals surface area contributed by atoms with E-state index in [9.17, 15) is 5.26 Å². The van der Waals surface area contributed by atoms with E-state index in [0.29, 0.717) is 0 Å². The Balaban J connectivity index is 2.37. The highest BCUT2D eigenvalue weighted by Crippen LogP contribution is 2.28. The molecule has 1 heterocycles. The van der Waals surface area contributed by atoms with Gasteiger partial charge in [-0.15, -0.1) is 10.2 Å². The SMILES string of the molecule is CCCNC(C)(C#N)CCSc1nnc(SC)s1. The molecule has 0 fully saturated rings. The molecule has 1 atom stereocenters. The summed E-state index contributed by atoms with van der Waals surface area (Å²) < 4.78 is 1.97. The minimum absolute atomic E-state index is 0.434. The summed E-state index contributed by atoms with van der Waals surface area (Å²) in [5.41, 5.74) is -0.434. The molecular weight excluding hydrogens is 284 g/mol. The maximum atomic E-state index is 9.20. The molecule has 100 valence electrons. The van der Waals surface area contributed by atoms with E-state index in [-0.39, 0.29) is 0 Å². The zero-order valence-corrected chi connectivity index (χ0v) is 13.3. The van der Waals surface area contributed by atoms with Crippen LogP contribution in [0.3, 0.4) is 0 Å². The highest BCUT2D eigenvalue weighted by atomic mass is 32.2. The first-order valence-electron chi connectivity index (χ1n) is 5.80. The Bertz CT molecular complexity index is 401. The van der Waals surface area contributed by atoms with Crippen molar-refractivity contribution in [3.63, 3.8) is 0 Å². The van der Waals surface area contributed by atoms with Crippen molar-refractivity contribution < 1.29 is 0 Å². The highest BCUT2D eigenvalue weighted by molar-refractivity contribution is 8.02. The fraction of sp³-hybridized carbons (Fsp3) is 0.727. The summed E-state index contributed by atoms with van der Waals surface area (Å²) in [4.78, 5) is 0. The number of aromatic nitrogens is 2. The van der Waals surface area contributed by atoms with Crippen molar-refractivity contribution in [2.24, 2.45) is 0 Å². The maximum absolute atomic E-state index is 9.20. The molecule has 1 N–H and O–H groups in total. The van der Waals surface area contributed by atoms with Gasteiger partial charge >= 0.3 is 0 Å². The molecule has 7 heteroatoms. The molecule has 0 radical (unpaired) electrons. The second kappa shape index (κ2) is 8.00. The molecule has 0 spiro atoms. The summed E-state index contributed by atoms with van der Waals surface area (Å²) in [5, 5.41) is 20.6. The van der Waals surface area contributed by atoms with Gasteiger partial charge in [0.2, 0.25) is 0 Å². The molecular formula is C11H18N4S3. The molecule has 0 aromatic carbocycles. The lowest BCUT2D eigenvalue weighted by molar-refractivity contribution is 0.437. The number of thioether (sulfide) groups is 2. The normalized spacial score (nSPS) is 14.1. The lowest BCUT2D eigenvalue weighted by Crippen LogP contribution is -2.41. The molecule has 0 aliphatic carbocycles. The first kappa shape index (κ1) is 15.8. The van der Waals surface area contributed by atoms with Crippen LogP contribution in [-0.2, 0) is 0 Å². The average Bonchev–Trinajstić information content (AvgIpc) is 2.84. The molecule has 0 aliphatic rings. The average molecular weight is 302 g/mol.